The number of likely N-dealkylation sites (tertiary alicyclic amines) is 1. The number of rotatable bonds is 8. The Kier molecular flexibility index (Phi) is 6.46. The van der Waals surface area contributed by atoms with Crippen LogP contribution in [0.3, 0.4) is 0 Å². The predicted octanol–water partition coefficient (Wildman–Crippen LogP) is 4.63. The lowest BCUT2D eigenvalue weighted by Gasteiger charge is -2.38. The molecule has 0 aromatic carbocycles. The smallest absolute Gasteiger partial charge is 0.335 e. The Morgan fingerprint density at radius 3 is 2.45 bits per heavy atom. The van der Waals surface area contributed by atoms with Gasteiger partial charge in [-0.1, -0.05) is 12.0 Å². The van der Waals surface area contributed by atoms with Crippen LogP contribution in [0.15, 0.2) is 46.1 Å². The molecule has 2 heterocycles. The number of hydrogen-bond donors (Lipinski definition) is 1. The second-order valence-electron chi connectivity index (χ2n) is 10.3. The molecule has 1 aromatic rings. The van der Waals surface area contributed by atoms with Crippen molar-refractivity contribution in [2.45, 2.75) is 64.3 Å². The van der Waals surface area contributed by atoms with Gasteiger partial charge in [-0.2, -0.15) is 0 Å². The molecule has 0 amide bonds. The maximum atomic E-state index is 12.4. The predicted molar refractivity (Wildman–Crippen MR) is 127 cm³/mol. The van der Waals surface area contributed by atoms with Crippen molar-refractivity contribution in [2.75, 3.05) is 26.2 Å². The summed E-state index contributed by atoms with van der Waals surface area (Å²) in [7, 11) is 0. The van der Waals surface area contributed by atoms with Gasteiger partial charge in [-0.3, -0.25) is 4.79 Å². The molecule has 4 aliphatic rings. The topological polar surface area (TPSA) is 71.8 Å². The third-order valence-corrected chi connectivity index (χ3v) is 8.09. The maximum absolute atomic E-state index is 12.4. The van der Waals surface area contributed by atoms with E-state index in [1.54, 1.807) is 21.9 Å². The third kappa shape index (κ3) is 4.81. The molecule has 178 valence electrons. The number of aromatic nitrogens is 1. The molecule has 0 spiro atoms. The summed E-state index contributed by atoms with van der Waals surface area (Å²) in [5, 5.41) is 9.11. The van der Waals surface area contributed by atoms with Crippen LogP contribution in [0.25, 0.3) is 0 Å². The lowest BCUT2D eigenvalue weighted by Crippen LogP contribution is -2.40. The van der Waals surface area contributed by atoms with E-state index >= 15 is 0 Å². The molecule has 0 bridgehead atoms. The van der Waals surface area contributed by atoms with Gasteiger partial charge in [0.1, 0.15) is 5.76 Å². The molecule has 1 aliphatic heterocycles. The van der Waals surface area contributed by atoms with Crippen molar-refractivity contribution in [1.29, 1.82) is 0 Å². The van der Waals surface area contributed by atoms with E-state index in [0.29, 0.717) is 5.92 Å². The van der Waals surface area contributed by atoms with Crippen molar-refractivity contribution >= 4 is 5.97 Å². The van der Waals surface area contributed by atoms with Crippen molar-refractivity contribution in [3.63, 3.8) is 0 Å². The van der Waals surface area contributed by atoms with Crippen molar-refractivity contribution in [3.8, 4) is 0 Å². The Morgan fingerprint density at radius 1 is 1.12 bits per heavy atom. The molecule has 1 unspecified atom stereocenters. The number of hydrogen-bond acceptors (Lipinski definition) is 4. The number of aromatic carboxylic acids is 1. The van der Waals surface area contributed by atoms with Crippen LogP contribution in [0.4, 0.5) is 0 Å². The number of nitrogens with zero attached hydrogens (tertiary/aromatic N) is 2. The highest BCUT2D eigenvalue weighted by molar-refractivity contribution is 5.87. The first-order valence-electron chi connectivity index (χ1n) is 12.8. The first-order valence-corrected chi connectivity index (χ1v) is 12.8. The van der Waals surface area contributed by atoms with Crippen LogP contribution in [0.2, 0.25) is 0 Å². The van der Waals surface area contributed by atoms with Crippen LogP contribution in [-0.2, 0) is 4.74 Å². The molecule has 2 saturated carbocycles. The van der Waals surface area contributed by atoms with Gasteiger partial charge in [0.15, 0.2) is 0 Å². The summed E-state index contributed by atoms with van der Waals surface area (Å²) < 4.78 is 7.90. The van der Waals surface area contributed by atoms with Gasteiger partial charge in [0.25, 0.3) is 5.56 Å². The van der Waals surface area contributed by atoms with Crippen molar-refractivity contribution in [2.24, 2.45) is 17.8 Å². The highest BCUT2D eigenvalue weighted by Gasteiger charge is 2.38. The van der Waals surface area contributed by atoms with E-state index in [1.165, 1.54) is 50.0 Å². The van der Waals surface area contributed by atoms with Gasteiger partial charge < -0.3 is 19.3 Å². The molecular formula is C27H36N2O4. The highest BCUT2D eigenvalue weighted by Crippen LogP contribution is 2.49. The van der Waals surface area contributed by atoms with Gasteiger partial charge in [-0.05, 0) is 81.4 Å². The minimum atomic E-state index is -1.06. The zero-order chi connectivity index (χ0) is 22.9. The van der Waals surface area contributed by atoms with Gasteiger partial charge in [-0.25, -0.2) is 4.79 Å². The van der Waals surface area contributed by atoms with Crippen molar-refractivity contribution < 1.29 is 14.6 Å². The Hall–Kier alpha value is -2.34. The standard InChI is InChI=1S/C27H36N2O4/c1-2-33-25-16-24(18-4-3-5-18)23(19-6-7-19)14-21(25)17-28-11-9-22(10-12-28)29-13-8-20(27(31)32)15-26(29)30/h8,13,15-16,18-19,21-22H,2-7,9-12,14,17H2,1H3,(H,31,32). The quantitative estimate of drug-likeness (QED) is 0.623. The van der Waals surface area contributed by atoms with Gasteiger partial charge in [0.05, 0.1) is 12.2 Å². The van der Waals surface area contributed by atoms with Crippen molar-refractivity contribution in [1.82, 2.24) is 9.47 Å². The fourth-order valence-corrected chi connectivity index (χ4v) is 5.88. The average Bonchev–Trinajstić information content (AvgIpc) is 3.60. The second kappa shape index (κ2) is 9.49. The summed E-state index contributed by atoms with van der Waals surface area (Å²) in [5.74, 6) is 2.14. The molecule has 0 radical (unpaired) electrons. The van der Waals surface area contributed by atoms with Crippen LogP contribution < -0.4 is 5.56 Å². The fraction of sp³-hybridized carbons (Fsp3) is 0.630. The number of ether oxygens (including phenoxy) is 1. The second-order valence-corrected chi connectivity index (χ2v) is 10.3. The van der Waals surface area contributed by atoms with Crippen LogP contribution in [0.5, 0.6) is 0 Å². The van der Waals surface area contributed by atoms with E-state index < -0.39 is 5.97 Å². The average molecular weight is 453 g/mol. The molecule has 6 nitrogen and oxygen atoms in total. The third-order valence-electron chi connectivity index (χ3n) is 8.09. The van der Waals surface area contributed by atoms with Gasteiger partial charge in [0.2, 0.25) is 0 Å². The Balaban J connectivity index is 1.24. The number of piperidine rings is 1. The Labute approximate surface area is 195 Å². The van der Waals surface area contributed by atoms with E-state index in [2.05, 4.69) is 17.9 Å². The number of allylic oxidation sites excluding steroid dienone is 3. The lowest BCUT2D eigenvalue weighted by molar-refractivity contribution is 0.0696. The summed E-state index contributed by atoms with van der Waals surface area (Å²) in [4.78, 5) is 26.1. The van der Waals surface area contributed by atoms with Crippen LogP contribution >= 0.6 is 0 Å². The number of carbonyl (C=O) groups is 1. The van der Waals surface area contributed by atoms with E-state index in [-0.39, 0.29) is 17.2 Å². The van der Waals surface area contributed by atoms with Crippen LogP contribution in [0.1, 0.15) is 74.7 Å². The summed E-state index contributed by atoms with van der Waals surface area (Å²) >= 11 is 0. The first-order chi connectivity index (χ1) is 16.0. The molecule has 5 rings (SSSR count). The van der Waals surface area contributed by atoms with E-state index in [9.17, 15) is 9.59 Å². The molecule has 1 saturated heterocycles. The first kappa shape index (κ1) is 22.5. The fourth-order valence-electron chi connectivity index (χ4n) is 5.88. The minimum Gasteiger partial charge on any atom is -0.498 e. The molecule has 1 aromatic heterocycles. The largest absolute Gasteiger partial charge is 0.498 e. The molecule has 3 aliphatic carbocycles. The van der Waals surface area contributed by atoms with Gasteiger partial charge in [-0.15, -0.1) is 0 Å². The Bertz CT molecular complexity index is 1010. The number of carboxylic acids is 1. The lowest BCUT2D eigenvalue weighted by atomic mass is 9.72. The number of pyridine rings is 1. The molecular weight excluding hydrogens is 416 g/mol. The van der Waals surface area contributed by atoms with Crippen LogP contribution in [-0.4, -0.2) is 46.8 Å². The Morgan fingerprint density at radius 2 is 1.88 bits per heavy atom. The highest BCUT2D eigenvalue weighted by atomic mass is 16.5. The van der Waals surface area contributed by atoms with E-state index in [0.717, 1.165) is 57.3 Å². The molecule has 1 N–H and O–H groups in total. The zero-order valence-electron chi connectivity index (χ0n) is 19.7. The summed E-state index contributed by atoms with van der Waals surface area (Å²) in [6.45, 7) is 5.72. The number of carboxylic acid groups (broad SMARTS) is 1. The van der Waals surface area contributed by atoms with Gasteiger partial charge >= 0.3 is 5.97 Å². The summed E-state index contributed by atoms with van der Waals surface area (Å²) in [5.41, 5.74) is 3.19. The maximum Gasteiger partial charge on any atom is 0.335 e. The zero-order valence-corrected chi connectivity index (χ0v) is 19.7. The summed E-state index contributed by atoms with van der Waals surface area (Å²) in [6.07, 6.45) is 13.8. The summed E-state index contributed by atoms with van der Waals surface area (Å²) in [6, 6.07) is 2.90. The normalized spacial score (nSPS) is 25.0. The minimum absolute atomic E-state index is 0.0574. The van der Waals surface area contributed by atoms with Crippen molar-refractivity contribution in [3.05, 3.63) is 57.2 Å². The van der Waals surface area contributed by atoms with E-state index in [4.69, 9.17) is 9.84 Å². The molecule has 1 atom stereocenters. The molecule has 6 heteroatoms. The van der Waals surface area contributed by atoms with E-state index in [1.807, 2.05) is 0 Å². The van der Waals surface area contributed by atoms with Gasteiger partial charge in [0, 0.05) is 43.9 Å². The SMILES string of the molecule is CCOC1=CC(C2CCC2)=C(C2CC2)CC1CN1CCC(n2ccc(C(=O)O)cc2=O)CC1. The molecule has 3 fully saturated rings. The monoisotopic (exact) mass is 452 g/mol. The molecule has 33 heavy (non-hydrogen) atoms. The van der Waals surface area contributed by atoms with Crippen LogP contribution in [0, 0.1) is 17.8 Å².